The number of anilines is 1. The molecule has 0 bridgehead atoms. The molecule has 0 saturated heterocycles. The first-order chi connectivity index (χ1) is 16.6. The number of carbonyl (C=O) groups is 2. The van der Waals surface area contributed by atoms with Crippen LogP contribution in [0.5, 0.6) is 0 Å². The Kier molecular flexibility index (Phi) is 8.48. The molecular formula is C25H30N4O5S. The first-order valence-corrected chi connectivity index (χ1v) is 13.0. The average Bonchev–Trinajstić information content (AvgIpc) is 3.43. The van der Waals surface area contributed by atoms with Crippen molar-refractivity contribution >= 4 is 33.8 Å². The topological polar surface area (TPSA) is 130 Å². The van der Waals surface area contributed by atoms with Crippen molar-refractivity contribution in [1.29, 1.82) is 5.26 Å². The number of nitrogens with one attached hydrogen (secondary N) is 2. The standard InChI is InChI=1S/C25H30N4O5S/c1-17-8-10-20(11-9-17)12-13-35(32,33)27-15-24(31)34-16-23(30)28-25-22(14-26)18(2)19(3)29(25)21-6-4-5-7-21/h8-13,21,27H,4-7,15-16H2,1-3H3,(H,28,30)/b13-12+. The third kappa shape index (κ3) is 6.81. The minimum atomic E-state index is -3.87. The highest BCUT2D eigenvalue weighted by molar-refractivity contribution is 7.92. The van der Waals surface area contributed by atoms with E-state index >= 15 is 0 Å². The first-order valence-electron chi connectivity index (χ1n) is 11.4. The van der Waals surface area contributed by atoms with Crippen molar-refractivity contribution in [1.82, 2.24) is 9.29 Å². The predicted molar refractivity (Wildman–Crippen MR) is 133 cm³/mol. The summed E-state index contributed by atoms with van der Waals surface area (Å²) in [6.07, 6.45) is 5.53. The molecule has 0 unspecified atom stereocenters. The van der Waals surface area contributed by atoms with E-state index in [1.54, 1.807) is 12.1 Å². The Hall–Kier alpha value is -3.42. The van der Waals surface area contributed by atoms with Gasteiger partial charge in [-0.3, -0.25) is 9.59 Å². The molecule has 35 heavy (non-hydrogen) atoms. The van der Waals surface area contributed by atoms with Crippen LogP contribution in [0, 0.1) is 32.1 Å². The lowest BCUT2D eigenvalue weighted by Crippen LogP contribution is -2.31. The summed E-state index contributed by atoms with van der Waals surface area (Å²) < 4.78 is 33.3. The van der Waals surface area contributed by atoms with Gasteiger partial charge in [0.1, 0.15) is 18.4 Å². The molecule has 1 saturated carbocycles. The van der Waals surface area contributed by atoms with Crippen LogP contribution in [0.4, 0.5) is 5.82 Å². The minimum Gasteiger partial charge on any atom is -0.455 e. The zero-order valence-electron chi connectivity index (χ0n) is 20.1. The fraction of sp³-hybridized carbons (Fsp3) is 0.400. The third-order valence-electron chi connectivity index (χ3n) is 6.12. The number of rotatable bonds is 9. The Morgan fingerprint density at radius 2 is 1.83 bits per heavy atom. The van der Waals surface area contributed by atoms with Gasteiger partial charge in [-0.05, 0) is 50.8 Å². The fourth-order valence-electron chi connectivity index (χ4n) is 4.12. The number of ether oxygens (including phenoxy) is 1. The molecule has 1 aromatic heterocycles. The second-order valence-corrected chi connectivity index (χ2v) is 10.3. The molecule has 0 aliphatic heterocycles. The maximum atomic E-state index is 12.5. The van der Waals surface area contributed by atoms with Gasteiger partial charge in [0.25, 0.3) is 5.91 Å². The van der Waals surface area contributed by atoms with Crippen molar-refractivity contribution in [3.05, 3.63) is 57.6 Å². The van der Waals surface area contributed by atoms with E-state index in [2.05, 4.69) is 16.1 Å². The van der Waals surface area contributed by atoms with Crippen molar-refractivity contribution in [2.24, 2.45) is 0 Å². The molecule has 1 aromatic carbocycles. The van der Waals surface area contributed by atoms with Crippen LogP contribution in [0.3, 0.4) is 0 Å². The normalized spacial score (nSPS) is 14.2. The molecule has 2 aromatic rings. The van der Waals surface area contributed by atoms with Gasteiger partial charge < -0.3 is 14.6 Å². The Balaban J connectivity index is 1.54. The van der Waals surface area contributed by atoms with Gasteiger partial charge in [-0.1, -0.05) is 42.7 Å². The number of nitriles is 1. The number of sulfonamides is 1. The molecule has 186 valence electrons. The Morgan fingerprint density at radius 1 is 1.17 bits per heavy atom. The van der Waals surface area contributed by atoms with Crippen LogP contribution in [0.15, 0.2) is 29.7 Å². The van der Waals surface area contributed by atoms with Crippen molar-refractivity contribution in [3.63, 3.8) is 0 Å². The smallest absolute Gasteiger partial charge is 0.321 e. The number of carbonyl (C=O) groups excluding carboxylic acids is 2. The highest BCUT2D eigenvalue weighted by Crippen LogP contribution is 2.37. The van der Waals surface area contributed by atoms with E-state index in [-0.39, 0.29) is 6.04 Å². The molecule has 0 atom stereocenters. The Bertz CT molecular complexity index is 1260. The number of nitrogens with zero attached hydrogens (tertiary/aromatic N) is 2. The molecule has 1 aliphatic rings. The summed E-state index contributed by atoms with van der Waals surface area (Å²) in [5.74, 6) is -1.09. The largest absolute Gasteiger partial charge is 0.455 e. The molecule has 2 N–H and O–H groups in total. The summed E-state index contributed by atoms with van der Waals surface area (Å²) in [6.45, 7) is 4.47. The lowest BCUT2D eigenvalue weighted by molar-refractivity contribution is -0.146. The van der Waals surface area contributed by atoms with E-state index in [4.69, 9.17) is 4.74 Å². The molecule has 0 radical (unpaired) electrons. The van der Waals surface area contributed by atoms with Crippen molar-refractivity contribution in [3.8, 4) is 6.07 Å². The van der Waals surface area contributed by atoms with Crippen molar-refractivity contribution in [2.75, 3.05) is 18.5 Å². The predicted octanol–water partition coefficient (Wildman–Crippen LogP) is 3.47. The molecular weight excluding hydrogens is 468 g/mol. The van der Waals surface area contributed by atoms with E-state index in [0.717, 1.165) is 47.9 Å². The van der Waals surface area contributed by atoms with E-state index in [1.165, 1.54) is 6.08 Å². The van der Waals surface area contributed by atoms with Crippen LogP contribution in [0.2, 0.25) is 0 Å². The number of hydrogen-bond acceptors (Lipinski definition) is 6. The first kappa shape index (κ1) is 26.2. The lowest BCUT2D eigenvalue weighted by Gasteiger charge is -2.19. The van der Waals surface area contributed by atoms with Gasteiger partial charge in [-0.15, -0.1) is 0 Å². The highest BCUT2D eigenvalue weighted by atomic mass is 32.2. The van der Waals surface area contributed by atoms with Crippen molar-refractivity contribution in [2.45, 2.75) is 52.5 Å². The maximum Gasteiger partial charge on any atom is 0.321 e. The third-order valence-corrected chi connectivity index (χ3v) is 7.16. The van der Waals surface area contributed by atoms with Gasteiger partial charge in [-0.2, -0.15) is 5.26 Å². The van der Waals surface area contributed by atoms with Gasteiger partial charge >= 0.3 is 5.97 Å². The van der Waals surface area contributed by atoms with E-state index in [0.29, 0.717) is 16.9 Å². The van der Waals surface area contributed by atoms with Crippen LogP contribution in [0.1, 0.15) is 59.7 Å². The van der Waals surface area contributed by atoms with E-state index < -0.39 is 35.1 Å². The quantitative estimate of drug-likeness (QED) is 0.509. The van der Waals surface area contributed by atoms with Gasteiger partial charge in [0.2, 0.25) is 10.0 Å². The Labute approximate surface area is 205 Å². The summed E-state index contributed by atoms with van der Waals surface area (Å²) in [6, 6.07) is 9.62. The zero-order valence-corrected chi connectivity index (χ0v) is 20.9. The van der Waals surface area contributed by atoms with E-state index in [9.17, 15) is 23.3 Å². The second-order valence-electron chi connectivity index (χ2n) is 8.64. The Morgan fingerprint density at radius 3 is 2.46 bits per heavy atom. The number of aromatic nitrogens is 1. The number of aryl methyl sites for hydroxylation is 1. The number of esters is 1. The van der Waals surface area contributed by atoms with Gasteiger partial charge in [0.15, 0.2) is 6.61 Å². The molecule has 1 heterocycles. The van der Waals surface area contributed by atoms with Crippen LogP contribution in [0.25, 0.3) is 6.08 Å². The molecule has 10 heteroatoms. The summed E-state index contributed by atoms with van der Waals surface area (Å²) >= 11 is 0. The van der Waals surface area contributed by atoms with Crippen LogP contribution in [-0.2, 0) is 24.3 Å². The van der Waals surface area contributed by atoms with Gasteiger partial charge in [0, 0.05) is 17.1 Å². The molecule has 1 amide bonds. The highest BCUT2D eigenvalue weighted by Gasteiger charge is 2.27. The number of amides is 1. The van der Waals surface area contributed by atoms with Crippen LogP contribution < -0.4 is 10.0 Å². The lowest BCUT2D eigenvalue weighted by atomic mass is 10.2. The monoisotopic (exact) mass is 498 g/mol. The van der Waals surface area contributed by atoms with Crippen LogP contribution in [-0.4, -0.2) is 38.0 Å². The van der Waals surface area contributed by atoms with Gasteiger partial charge in [-0.25, -0.2) is 13.1 Å². The van der Waals surface area contributed by atoms with E-state index in [1.807, 2.05) is 37.5 Å². The second kappa shape index (κ2) is 11.3. The van der Waals surface area contributed by atoms with Crippen LogP contribution >= 0.6 is 0 Å². The maximum absolute atomic E-state index is 12.5. The average molecular weight is 499 g/mol. The molecule has 1 aliphatic carbocycles. The fourth-order valence-corrected chi connectivity index (χ4v) is 4.88. The summed E-state index contributed by atoms with van der Waals surface area (Å²) in [5.41, 5.74) is 3.87. The molecule has 9 nitrogen and oxygen atoms in total. The number of benzene rings is 1. The summed E-state index contributed by atoms with van der Waals surface area (Å²) in [5, 5.41) is 13.3. The summed E-state index contributed by atoms with van der Waals surface area (Å²) in [4.78, 5) is 24.5. The summed E-state index contributed by atoms with van der Waals surface area (Å²) in [7, 11) is -3.87. The van der Waals surface area contributed by atoms with Crippen molar-refractivity contribution < 1.29 is 22.7 Å². The SMILES string of the molecule is Cc1ccc(/C=C/S(=O)(=O)NCC(=O)OCC(=O)Nc2c(C#N)c(C)c(C)n2C2CCCC2)cc1. The molecule has 0 spiro atoms. The number of hydrogen-bond donors (Lipinski definition) is 2. The zero-order chi connectivity index (χ0) is 25.6. The minimum absolute atomic E-state index is 0.205. The van der Waals surface area contributed by atoms with Gasteiger partial charge in [0.05, 0.1) is 5.56 Å². The molecule has 3 rings (SSSR count). The molecule has 1 fully saturated rings.